The number of rotatable bonds is 3. The molecular weight excluding hydrogens is 524 g/mol. The van der Waals surface area contributed by atoms with E-state index in [-0.39, 0.29) is 0 Å². The second-order valence-electron chi connectivity index (χ2n) is 10.3. The van der Waals surface area contributed by atoms with E-state index in [2.05, 4.69) is 102 Å². The van der Waals surface area contributed by atoms with Crippen LogP contribution in [0.15, 0.2) is 119 Å². The fourth-order valence-corrected chi connectivity index (χ4v) is 7.07. The van der Waals surface area contributed by atoms with Gasteiger partial charge in [0, 0.05) is 42.9 Å². The number of hydrogen-bond acceptors (Lipinski definition) is 4. The van der Waals surface area contributed by atoms with Crippen molar-refractivity contribution in [3.8, 4) is 28.4 Å². The Labute approximate surface area is 238 Å². The van der Waals surface area contributed by atoms with Crippen LogP contribution < -0.4 is 0 Å². The van der Waals surface area contributed by atoms with Crippen LogP contribution >= 0.6 is 11.3 Å². The number of aromatic nitrogens is 4. The van der Waals surface area contributed by atoms with Crippen molar-refractivity contribution in [2.75, 3.05) is 0 Å². The molecule has 6 heteroatoms. The van der Waals surface area contributed by atoms with Gasteiger partial charge in [-0.3, -0.25) is 4.57 Å². The molecule has 0 aliphatic rings. The standard InChI is InChI=1S/C35H22N4OS/c1-21-33-25-18-31(22-10-3-2-4-11-22)40-35(25)34-26(19-36-39(34)30(33)20-41-21)27-14-9-17-32(37-27)38-28-15-7-5-12-23(28)24-13-6-8-16-29(24)38/h2-20H,1H3. The van der Waals surface area contributed by atoms with Crippen molar-refractivity contribution in [1.82, 2.24) is 19.2 Å². The average molecular weight is 547 g/mol. The minimum Gasteiger partial charge on any atom is -0.454 e. The second-order valence-corrected chi connectivity index (χ2v) is 11.4. The van der Waals surface area contributed by atoms with Crippen molar-refractivity contribution < 1.29 is 4.42 Å². The molecule has 9 aromatic rings. The van der Waals surface area contributed by atoms with E-state index in [4.69, 9.17) is 14.5 Å². The lowest BCUT2D eigenvalue weighted by Crippen LogP contribution is -1.98. The summed E-state index contributed by atoms with van der Waals surface area (Å²) in [5.41, 5.74) is 7.95. The van der Waals surface area contributed by atoms with Crippen LogP contribution in [0.25, 0.3) is 77.6 Å². The first kappa shape index (κ1) is 22.6. The zero-order valence-electron chi connectivity index (χ0n) is 22.1. The number of hydrogen-bond donors (Lipinski definition) is 0. The molecule has 0 aliphatic heterocycles. The second kappa shape index (κ2) is 8.40. The Kier molecular flexibility index (Phi) is 4.63. The summed E-state index contributed by atoms with van der Waals surface area (Å²) in [7, 11) is 0. The molecule has 0 atom stereocenters. The van der Waals surface area contributed by atoms with Gasteiger partial charge in [-0.05, 0) is 37.3 Å². The minimum absolute atomic E-state index is 0.828. The molecule has 0 saturated carbocycles. The number of thiophene rings is 1. The molecule has 0 unspecified atom stereocenters. The third kappa shape index (κ3) is 3.16. The van der Waals surface area contributed by atoms with Gasteiger partial charge < -0.3 is 4.42 Å². The van der Waals surface area contributed by atoms with Crippen LogP contribution in [-0.4, -0.2) is 19.2 Å². The predicted octanol–water partition coefficient (Wildman–Crippen LogP) is 9.43. The Morgan fingerprint density at radius 1 is 0.732 bits per heavy atom. The Balaban J connectivity index is 1.33. The van der Waals surface area contributed by atoms with Crippen LogP contribution in [0.1, 0.15) is 4.88 Å². The lowest BCUT2D eigenvalue weighted by atomic mass is 10.1. The Bertz CT molecular complexity index is 2390. The average Bonchev–Trinajstić information content (AvgIpc) is 3.80. The molecule has 0 spiro atoms. The van der Waals surface area contributed by atoms with Crippen molar-refractivity contribution in [2.24, 2.45) is 0 Å². The maximum Gasteiger partial charge on any atom is 0.161 e. The Morgan fingerprint density at radius 2 is 1.46 bits per heavy atom. The van der Waals surface area contributed by atoms with Crippen LogP contribution in [0.4, 0.5) is 0 Å². The number of pyridine rings is 2. The molecule has 0 amide bonds. The lowest BCUT2D eigenvalue weighted by Gasteiger charge is -2.09. The smallest absolute Gasteiger partial charge is 0.161 e. The summed E-state index contributed by atoms with van der Waals surface area (Å²) < 4.78 is 10.9. The molecule has 3 aromatic carbocycles. The van der Waals surface area contributed by atoms with Gasteiger partial charge in [0.1, 0.15) is 17.1 Å². The number of fused-ring (bicyclic) bond motifs is 9. The topological polar surface area (TPSA) is 48.3 Å². The highest BCUT2D eigenvalue weighted by Gasteiger charge is 2.22. The van der Waals surface area contributed by atoms with Crippen LogP contribution in [0, 0.1) is 6.92 Å². The van der Waals surface area contributed by atoms with E-state index >= 15 is 0 Å². The van der Waals surface area contributed by atoms with Gasteiger partial charge in [0.15, 0.2) is 5.58 Å². The first-order valence-electron chi connectivity index (χ1n) is 13.6. The summed E-state index contributed by atoms with van der Waals surface area (Å²) in [4.78, 5) is 6.48. The van der Waals surface area contributed by atoms with Gasteiger partial charge in [0.2, 0.25) is 0 Å². The minimum atomic E-state index is 0.828. The summed E-state index contributed by atoms with van der Waals surface area (Å²) in [5.74, 6) is 1.71. The van der Waals surface area contributed by atoms with Gasteiger partial charge in [-0.2, -0.15) is 5.10 Å². The van der Waals surface area contributed by atoms with E-state index in [1.165, 1.54) is 21.0 Å². The fourth-order valence-electron chi connectivity index (χ4n) is 6.23. The van der Waals surface area contributed by atoms with Crippen LogP contribution in [0.2, 0.25) is 0 Å². The van der Waals surface area contributed by atoms with E-state index in [1.54, 1.807) is 11.3 Å². The van der Waals surface area contributed by atoms with Crippen LogP contribution in [0.5, 0.6) is 0 Å². The molecule has 9 rings (SSSR count). The number of para-hydroxylation sites is 2. The quantitative estimate of drug-likeness (QED) is 0.222. The number of aryl methyl sites for hydroxylation is 1. The molecular formula is C35H22N4OS. The van der Waals surface area contributed by atoms with Crippen molar-refractivity contribution in [3.63, 3.8) is 0 Å². The van der Waals surface area contributed by atoms with E-state index in [0.29, 0.717) is 0 Å². The third-order valence-electron chi connectivity index (χ3n) is 8.05. The van der Waals surface area contributed by atoms with Crippen LogP contribution in [0.3, 0.4) is 0 Å². The van der Waals surface area contributed by atoms with Crippen molar-refractivity contribution >= 4 is 60.5 Å². The van der Waals surface area contributed by atoms with Crippen molar-refractivity contribution in [2.45, 2.75) is 6.92 Å². The Morgan fingerprint density at radius 3 is 2.24 bits per heavy atom. The molecule has 6 heterocycles. The van der Waals surface area contributed by atoms with Gasteiger partial charge in [-0.25, -0.2) is 9.50 Å². The highest BCUT2D eigenvalue weighted by Crippen LogP contribution is 2.42. The normalized spacial score (nSPS) is 12.0. The highest BCUT2D eigenvalue weighted by atomic mass is 32.1. The molecule has 0 aliphatic carbocycles. The summed E-state index contributed by atoms with van der Waals surface area (Å²) in [5, 5.41) is 11.8. The van der Waals surface area contributed by atoms with Crippen LogP contribution in [-0.2, 0) is 0 Å². The number of benzene rings is 3. The van der Waals surface area contributed by atoms with Gasteiger partial charge in [0.05, 0.1) is 28.4 Å². The summed E-state index contributed by atoms with van der Waals surface area (Å²) in [6.45, 7) is 2.16. The SMILES string of the molecule is Cc1scc2c1c1cc(-c3ccccc3)oc1c1c(-c3cccc(-n4c5ccccc5c5ccccc54)n3)cnn21. The van der Waals surface area contributed by atoms with E-state index in [0.717, 1.165) is 61.4 Å². The monoisotopic (exact) mass is 546 g/mol. The summed E-state index contributed by atoms with van der Waals surface area (Å²) >= 11 is 1.74. The summed E-state index contributed by atoms with van der Waals surface area (Å²) in [6.07, 6.45) is 1.92. The van der Waals surface area contributed by atoms with E-state index in [9.17, 15) is 0 Å². The van der Waals surface area contributed by atoms with Gasteiger partial charge in [-0.15, -0.1) is 11.3 Å². The number of furan rings is 1. The lowest BCUT2D eigenvalue weighted by molar-refractivity contribution is 0.633. The first-order valence-corrected chi connectivity index (χ1v) is 14.5. The number of nitrogens with zero attached hydrogens (tertiary/aromatic N) is 4. The van der Waals surface area contributed by atoms with Crippen molar-refractivity contribution in [1.29, 1.82) is 0 Å². The first-order chi connectivity index (χ1) is 20.3. The highest BCUT2D eigenvalue weighted by molar-refractivity contribution is 7.11. The molecule has 0 N–H and O–H groups in total. The maximum absolute atomic E-state index is 6.65. The molecule has 0 saturated heterocycles. The van der Waals surface area contributed by atoms with E-state index in [1.807, 2.05) is 28.9 Å². The molecule has 5 nitrogen and oxygen atoms in total. The molecule has 41 heavy (non-hydrogen) atoms. The van der Waals surface area contributed by atoms with Crippen molar-refractivity contribution in [3.05, 3.63) is 120 Å². The fraction of sp³-hybridized carbons (Fsp3) is 0.0286. The molecule has 0 radical (unpaired) electrons. The third-order valence-corrected chi connectivity index (χ3v) is 8.95. The Hall–Kier alpha value is -5.20. The van der Waals surface area contributed by atoms with Gasteiger partial charge in [-0.1, -0.05) is 72.8 Å². The molecule has 194 valence electrons. The summed E-state index contributed by atoms with van der Waals surface area (Å²) in [6, 6.07) is 35.7. The largest absolute Gasteiger partial charge is 0.454 e. The van der Waals surface area contributed by atoms with Gasteiger partial charge in [0.25, 0.3) is 0 Å². The molecule has 6 aromatic heterocycles. The predicted molar refractivity (Wildman–Crippen MR) is 168 cm³/mol. The zero-order chi connectivity index (χ0) is 27.1. The molecule has 0 bridgehead atoms. The molecule has 0 fully saturated rings. The van der Waals surface area contributed by atoms with Gasteiger partial charge >= 0.3 is 0 Å². The van der Waals surface area contributed by atoms with E-state index < -0.39 is 0 Å². The maximum atomic E-state index is 6.65. The zero-order valence-corrected chi connectivity index (χ0v) is 22.9.